The minimum atomic E-state index is -1.80. The molecule has 2 aliphatic heterocycles. The third kappa shape index (κ3) is 48.1. The summed E-state index contributed by atoms with van der Waals surface area (Å²) in [4.78, 5) is 13.4. The molecule has 9 N–H and O–H groups in total. The maximum absolute atomic E-state index is 13.4. The average molecular weight is 1360 g/mol. The number of carbonyl (C=O) groups excluding carboxylic acids is 1. The lowest BCUT2D eigenvalue weighted by atomic mass is 9.97. The van der Waals surface area contributed by atoms with Crippen molar-refractivity contribution in [3.63, 3.8) is 0 Å². The first-order chi connectivity index (χ1) is 47.6. The Morgan fingerprint density at radius 1 is 0.381 bits per heavy atom. The molecule has 2 aliphatic rings. The molecule has 12 unspecified atom stereocenters. The summed E-state index contributed by atoms with van der Waals surface area (Å²) in [6, 6.07) is -0.956. The zero-order valence-electron chi connectivity index (χ0n) is 60.3. The van der Waals surface area contributed by atoms with Crippen LogP contribution in [0.3, 0.4) is 0 Å². The Hall–Kier alpha value is -4.39. The molecule has 0 aromatic carbocycles. The SMILES string of the molecule is CC/C=C\C/C=C\C/C=C\C/C=C\C/C=C\C/C=C\C/C=C\C/C=C\C/C=C\C/C=C\C/C=C\CCCCCCCC(=O)NC(COC1OC(CO)C(OC2OC(CO)C(O)C(O)C2O)C(O)C1O)C(O)/C=C/CC/C=C/CCCCCCCCCCCCCCCCCCCC. The monoisotopic (exact) mass is 1360 g/mol. The Bertz CT molecular complexity index is 2240. The van der Waals surface area contributed by atoms with Crippen molar-refractivity contribution in [1.29, 1.82) is 0 Å². The number of nitrogens with one attached hydrogen (secondary N) is 1. The number of hydrogen-bond donors (Lipinski definition) is 9. The summed E-state index contributed by atoms with van der Waals surface area (Å²) in [6.45, 7) is 2.66. The Balaban J connectivity index is 1.68. The molecule has 1 amide bonds. The van der Waals surface area contributed by atoms with Crippen molar-refractivity contribution in [2.45, 2.75) is 338 Å². The number of aliphatic hydroxyl groups is 8. The number of rotatable bonds is 61. The second-order valence-electron chi connectivity index (χ2n) is 26.0. The van der Waals surface area contributed by atoms with E-state index in [0.717, 1.165) is 116 Å². The summed E-state index contributed by atoms with van der Waals surface area (Å²) < 4.78 is 22.8. The molecule has 2 saturated heterocycles. The normalized spacial score (nSPS) is 23.1. The first-order valence-corrected chi connectivity index (χ1v) is 38.2. The van der Waals surface area contributed by atoms with Crippen LogP contribution in [0.2, 0.25) is 0 Å². The van der Waals surface area contributed by atoms with Crippen LogP contribution in [0.5, 0.6) is 0 Å². The number of amides is 1. The van der Waals surface area contributed by atoms with Crippen LogP contribution in [0.15, 0.2) is 158 Å². The summed E-state index contributed by atoms with van der Waals surface area (Å²) in [5.41, 5.74) is 0. The van der Waals surface area contributed by atoms with E-state index in [1.165, 1.54) is 116 Å². The lowest BCUT2D eigenvalue weighted by Crippen LogP contribution is -2.65. The molecule has 0 spiro atoms. The van der Waals surface area contributed by atoms with Crippen molar-refractivity contribution in [3.8, 4) is 0 Å². The third-order valence-electron chi connectivity index (χ3n) is 17.4. The fraction of sp³-hybridized carbons (Fsp3) is 0.675. The highest BCUT2D eigenvalue weighted by atomic mass is 16.7. The summed E-state index contributed by atoms with van der Waals surface area (Å²) in [5, 5.41) is 87.5. The van der Waals surface area contributed by atoms with Crippen LogP contribution in [-0.2, 0) is 23.7 Å². The van der Waals surface area contributed by atoms with E-state index < -0.39 is 86.8 Å². The summed E-state index contributed by atoms with van der Waals surface area (Å²) in [5.74, 6) is -0.273. The van der Waals surface area contributed by atoms with Crippen LogP contribution in [0.25, 0.3) is 0 Å². The van der Waals surface area contributed by atoms with Gasteiger partial charge in [0.25, 0.3) is 0 Å². The van der Waals surface area contributed by atoms with E-state index in [1.807, 2.05) is 6.08 Å². The lowest BCUT2D eigenvalue weighted by Gasteiger charge is -2.46. The minimum absolute atomic E-state index is 0.241. The van der Waals surface area contributed by atoms with Crippen molar-refractivity contribution in [1.82, 2.24) is 5.32 Å². The molecule has 14 heteroatoms. The van der Waals surface area contributed by atoms with E-state index in [-0.39, 0.29) is 18.9 Å². The van der Waals surface area contributed by atoms with Gasteiger partial charge in [0.2, 0.25) is 5.91 Å². The smallest absolute Gasteiger partial charge is 0.220 e. The van der Waals surface area contributed by atoms with Gasteiger partial charge in [-0.3, -0.25) is 4.79 Å². The van der Waals surface area contributed by atoms with Gasteiger partial charge in [0.1, 0.15) is 48.8 Å². The summed E-state index contributed by atoms with van der Waals surface area (Å²) in [6.07, 6.45) is 83.0. The van der Waals surface area contributed by atoms with Gasteiger partial charge in [-0.1, -0.05) is 300 Å². The molecule has 0 aromatic heterocycles. The van der Waals surface area contributed by atoms with Crippen LogP contribution >= 0.6 is 0 Å². The highest BCUT2D eigenvalue weighted by Crippen LogP contribution is 2.30. The molecule has 2 rings (SSSR count). The molecule has 14 nitrogen and oxygen atoms in total. The minimum Gasteiger partial charge on any atom is -0.394 e. The highest BCUT2D eigenvalue weighted by Gasteiger charge is 2.51. The van der Waals surface area contributed by atoms with Gasteiger partial charge in [-0.15, -0.1) is 0 Å². The Morgan fingerprint density at radius 2 is 0.722 bits per heavy atom. The van der Waals surface area contributed by atoms with Crippen molar-refractivity contribution in [3.05, 3.63) is 158 Å². The average Bonchev–Trinajstić information content (AvgIpc) is 0.794. The lowest BCUT2D eigenvalue weighted by molar-refractivity contribution is -0.359. The third-order valence-corrected chi connectivity index (χ3v) is 17.4. The van der Waals surface area contributed by atoms with Gasteiger partial charge in [-0.25, -0.2) is 0 Å². The molecular formula is C83H137NO13. The van der Waals surface area contributed by atoms with Crippen molar-refractivity contribution >= 4 is 5.91 Å². The Kier molecular flexibility index (Phi) is 59.4. The van der Waals surface area contributed by atoms with E-state index in [1.54, 1.807) is 6.08 Å². The van der Waals surface area contributed by atoms with Crippen LogP contribution < -0.4 is 5.32 Å². The fourth-order valence-electron chi connectivity index (χ4n) is 11.4. The Morgan fingerprint density at radius 3 is 1.13 bits per heavy atom. The number of hydrogen-bond acceptors (Lipinski definition) is 13. The van der Waals surface area contributed by atoms with E-state index in [9.17, 15) is 45.6 Å². The zero-order valence-corrected chi connectivity index (χ0v) is 60.3. The topological polar surface area (TPSA) is 228 Å². The first kappa shape index (κ1) is 88.7. The molecule has 2 heterocycles. The largest absolute Gasteiger partial charge is 0.394 e. The van der Waals surface area contributed by atoms with Crippen LogP contribution in [0, 0.1) is 0 Å². The van der Waals surface area contributed by atoms with Gasteiger partial charge >= 0.3 is 0 Å². The number of ether oxygens (including phenoxy) is 4. The van der Waals surface area contributed by atoms with Gasteiger partial charge in [0, 0.05) is 6.42 Å². The molecule has 0 saturated carbocycles. The van der Waals surface area contributed by atoms with Gasteiger partial charge in [-0.2, -0.15) is 0 Å². The van der Waals surface area contributed by atoms with Gasteiger partial charge in [0.15, 0.2) is 12.6 Å². The molecule has 552 valence electrons. The number of unbranched alkanes of at least 4 members (excludes halogenated alkanes) is 24. The van der Waals surface area contributed by atoms with Crippen molar-refractivity contribution < 1.29 is 64.6 Å². The maximum atomic E-state index is 13.4. The van der Waals surface area contributed by atoms with Crippen LogP contribution in [0.4, 0.5) is 0 Å². The van der Waals surface area contributed by atoms with Crippen LogP contribution in [-0.4, -0.2) is 140 Å². The molecule has 2 fully saturated rings. The van der Waals surface area contributed by atoms with Crippen LogP contribution in [0.1, 0.15) is 264 Å². The standard InChI is InChI=1S/C83H137NO13/c1-3-5-7-9-11-13-15-17-19-21-23-25-27-29-30-31-32-33-34-35-36-37-38-39-40-41-42-43-45-47-49-51-53-55-57-59-61-63-65-67-75(88)84-71(70-94-82-80(93)78(91)81(74(69-86)96-82)97-83-79(92)77(90)76(89)73(68-85)95-83)72(87)66-64-62-60-58-56-54-52-50-48-46-44-28-26-24-22-20-18-16-14-12-10-8-6-4-2/h5,7,11,13,17,19,23,25,29-30,32-33,35-36,38-39,41-42,45,47,51,53,56,58,64,66,71-74,76-83,85-87,89-93H,3-4,6,8-10,12,14-16,18,20-22,24,26-28,31,34,37,40,43-44,46,48-50,52,54-55,57,59-63,65,67-70H2,1-2H3,(H,84,88)/b7-5-,13-11-,19-17-,25-23-,30-29-,33-32-,36-35-,39-38-,42-41-,47-45-,53-51-,58-56+,66-64+. The number of carbonyl (C=O) groups is 1. The van der Waals surface area contributed by atoms with Gasteiger partial charge < -0.3 is 65.1 Å². The second kappa shape index (κ2) is 65.0. The molecule has 0 bridgehead atoms. The summed E-state index contributed by atoms with van der Waals surface area (Å²) in [7, 11) is 0. The molecule has 0 radical (unpaired) electrons. The summed E-state index contributed by atoms with van der Waals surface area (Å²) >= 11 is 0. The van der Waals surface area contributed by atoms with Gasteiger partial charge in [-0.05, 0) is 116 Å². The molecule has 12 atom stereocenters. The highest BCUT2D eigenvalue weighted by molar-refractivity contribution is 5.76. The predicted molar refractivity (Wildman–Crippen MR) is 401 cm³/mol. The molecule has 0 aromatic rings. The number of aliphatic hydroxyl groups excluding tert-OH is 8. The molecular weight excluding hydrogens is 1220 g/mol. The van der Waals surface area contributed by atoms with Crippen molar-refractivity contribution in [2.75, 3.05) is 19.8 Å². The number of allylic oxidation sites excluding steroid dienone is 25. The zero-order chi connectivity index (χ0) is 70.1. The quantitative estimate of drug-likeness (QED) is 0.0204. The van der Waals surface area contributed by atoms with E-state index in [0.29, 0.717) is 12.8 Å². The molecule has 97 heavy (non-hydrogen) atoms. The van der Waals surface area contributed by atoms with Gasteiger partial charge in [0.05, 0.1) is 32.0 Å². The second-order valence-corrected chi connectivity index (χ2v) is 26.0. The van der Waals surface area contributed by atoms with Crippen molar-refractivity contribution in [2.24, 2.45) is 0 Å². The molecule has 0 aliphatic carbocycles. The first-order valence-electron chi connectivity index (χ1n) is 38.2. The van der Waals surface area contributed by atoms with E-state index >= 15 is 0 Å². The van der Waals surface area contributed by atoms with E-state index in [2.05, 4.69) is 165 Å². The predicted octanol–water partition coefficient (Wildman–Crippen LogP) is 17.0. The Labute approximate surface area is 588 Å². The fourth-order valence-corrected chi connectivity index (χ4v) is 11.4. The maximum Gasteiger partial charge on any atom is 0.220 e. The van der Waals surface area contributed by atoms with E-state index in [4.69, 9.17) is 18.9 Å².